The van der Waals surface area contributed by atoms with Crippen LogP contribution in [0.25, 0.3) is 11.1 Å². The van der Waals surface area contributed by atoms with Gasteiger partial charge < -0.3 is 4.74 Å². The van der Waals surface area contributed by atoms with Crippen LogP contribution in [0.4, 0.5) is 0 Å². The summed E-state index contributed by atoms with van der Waals surface area (Å²) in [6, 6.07) is 15.9. The Hall–Kier alpha value is -2.09. The van der Waals surface area contributed by atoms with Crippen molar-refractivity contribution in [1.29, 1.82) is 0 Å². The van der Waals surface area contributed by atoms with Crippen LogP contribution in [0, 0.1) is 0 Å². The van der Waals surface area contributed by atoms with Crippen LogP contribution >= 0.6 is 0 Å². The molecule has 1 aliphatic heterocycles. The highest BCUT2D eigenvalue weighted by Crippen LogP contribution is 2.36. The third kappa shape index (κ3) is 1.31. The van der Waals surface area contributed by atoms with Crippen LogP contribution in [-0.2, 0) is 0 Å². The normalized spacial score (nSPS) is 13.4. The zero-order valence-electron chi connectivity index (χ0n) is 8.68. The highest BCUT2D eigenvalue weighted by atomic mass is 16.5. The third-order valence-corrected chi connectivity index (χ3v) is 2.76. The monoisotopic (exact) mass is 211 g/mol. The lowest BCUT2D eigenvalue weighted by molar-refractivity contribution is 0.387. The van der Waals surface area contributed by atoms with Gasteiger partial charge in [0.1, 0.15) is 11.3 Å². The van der Waals surface area contributed by atoms with Crippen molar-refractivity contribution in [1.82, 2.24) is 0 Å². The van der Waals surface area contributed by atoms with Gasteiger partial charge >= 0.3 is 5.78 Å². The first-order chi connectivity index (χ1) is 7.86. The summed E-state index contributed by atoms with van der Waals surface area (Å²) in [6.45, 7) is 0.277. The maximum atomic E-state index is 9.64. The third-order valence-electron chi connectivity index (χ3n) is 2.76. The first kappa shape index (κ1) is 9.16. The second kappa shape index (κ2) is 3.49. The molecule has 0 saturated heterocycles. The van der Waals surface area contributed by atoms with E-state index in [1.54, 1.807) is 0 Å². The molecule has 3 rings (SSSR count). The molecule has 78 valence electrons. The fourth-order valence-electron chi connectivity index (χ4n) is 1.98. The van der Waals surface area contributed by atoms with Gasteiger partial charge in [-0.05, 0) is 11.6 Å². The molecular formula is C14H11O2+. The summed E-state index contributed by atoms with van der Waals surface area (Å²) in [6.07, 6.45) is 0. The smallest absolute Gasteiger partial charge is 0.364 e. The van der Waals surface area contributed by atoms with Gasteiger partial charge in [0.05, 0.1) is 0 Å². The van der Waals surface area contributed by atoms with Gasteiger partial charge in [-0.1, -0.05) is 42.5 Å². The SMILES string of the molecule is [OH+]=C1COc2c1cccc2-c1ccccc1. The number of fused-ring (bicyclic) bond motifs is 1. The molecule has 0 aromatic heterocycles. The summed E-state index contributed by atoms with van der Waals surface area (Å²) in [7, 11) is 0. The van der Waals surface area contributed by atoms with Crippen LogP contribution in [0.3, 0.4) is 0 Å². The van der Waals surface area contributed by atoms with Gasteiger partial charge in [-0.15, -0.1) is 0 Å². The molecule has 2 aromatic carbocycles. The van der Waals surface area contributed by atoms with E-state index in [2.05, 4.69) is 0 Å². The van der Waals surface area contributed by atoms with E-state index in [1.807, 2.05) is 48.5 Å². The van der Waals surface area contributed by atoms with Crippen LogP contribution < -0.4 is 4.74 Å². The molecule has 0 atom stereocenters. The summed E-state index contributed by atoms with van der Waals surface area (Å²) >= 11 is 0. The van der Waals surface area contributed by atoms with Crippen molar-refractivity contribution in [2.75, 3.05) is 6.61 Å². The van der Waals surface area contributed by atoms with E-state index in [-0.39, 0.29) is 6.61 Å². The maximum Gasteiger partial charge on any atom is 0.364 e. The number of para-hydroxylation sites is 1. The Kier molecular flexibility index (Phi) is 2.00. The molecule has 0 unspecified atom stereocenters. The minimum atomic E-state index is 0.277. The fourth-order valence-corrected chi connectivity index (χ4v) is 1.98. The van der Waals surface area contributed by atoms with Crippen LogP contribution in [0.2, 0.25) is 0 Å². The molecule has 0 aliphatic carbocycles. The number of rotatable bonds is 1. The molecule has 0 radical (unpaired) electrons. The number of hydrogen-bond donors (Lipinski definition) is 0. The highest BCUT2D eigenvalue weighted by Gasteiger charge is 2.28. The van der Waals surface area contributed by atoms with Crippen molar-refractivity contribution in [3.63, 3.8) is 0 Å². The first-order valence-electron chi connectivity index (χ1n) is 5.22. The quantitative estimate of drug-likeness (QED) is 0.667. The second-order valence-electron chi connectivity index (χ2n) is 3.78. The highest BCUT2D eigenvalue weighted by molar-refractivity contribution is 6.05. The van der Waals surface area contributed by atoms with Crippen LogP contribution in [0.1, 0.15) is 5.56 Å². The van der Waals surface area contributed by atoms with Crippen molar-refractivity contribution >= 4 is 5.78 Å². The Labute approximate surface area is 93.5 Å². The minimum absolute atomic E-state index is 0.277. The van der Waals surface area contributed by atoms with Gasteiger partial charge in [0.15, 0.2) is 0 Å². The molecule has 1 heterocycles. The summed E-state index contributed by atoms with van der Waals surface area (Å²) in [4.78, 5) is 9.64. The lowest BCUT2D eigenvalue weighted by Crippen LogP contribution is -2.00. The number of hydrogen-bond acceptors (Lipinski definition) is 1. The molecule has 2 nitrogen and oxygen atoms in total. The lowest BCUT2D eigenvalue weighted by Gasteiger charge is -2.05. The van der Waals surface area contributed by atoms with Crippen molar-refractivity contribution in [2.45, 2.75) is 0 Å². The Morgan fingerprint density at radius 2 is 1.62 bits per heavy atom. The van der Waals surface area contributed by atoms with Crippen LogP contribution in [0.5, 0.6) is 5.75 Å². The largest absolute Gasteiger partial charge is 0.478 e. The zero-order valence-corrected chi connectivity index (χ0v) is 8.68. The van der Waals surface area contributed by atoms with E-state index in [9.17, 15) is 4.79 Å². The average Bonchev–Trinajstić information content (AvgIpc) is 2.73. The molecule has 1 N–H and O–H groups in total. The first-order valence-corrected chi connectivity index (χ1v) is 5.22. The minimum Gasteiger partial charge on any atom is -0.478 e. The number of ketones is 1. The Balaban J connectivity index is 2.20. The van der Waals surface area contributed by atoms with E-state index < -0.39 is 0 Å². The molecule has 16 heavy (non-hydrogen) atoms. The standard InChI is InChI=1S/C14H10O2/c15-13-9-16-14-11(7-4-8-12(13)14)10-5-2-1-3-6-10/h1-8H,9H2/p+1. The molecule has 0 amide bonds. The van der Waals surface area contributed by atoms with Crippen LogP contribution in [0.15, 0.2) is 48.5 Å². The average molecular weight is 211 g/mol. The summed E-state index contributed by atoms with van der Waals surface area (Å²) in [5, 5.41) is 0. The molecule has 2 heteroatoms. The van der Waals surface area contributed by atoms with Gasteiger partial charge in [0.2, 0.25) is 6.61 Å². The Morgan fingerprint density at radius 3 is 2.44 bits per heavy atom. The fraction of sp³-hybridized carbons (Fsp3) is 0.0714. The van der Waals surface area contributed by atoms with E-state index in [0.717, 1.165) is 22.4 Å². The summed E-state index contributed by atoms with van der Waals surface area (Å²) in [5.74, 6) is 1.10. The van der Waals surface area contributed by atoms with Crippen molar-refractivity contribution < 1.29 is 9.53 Å². The van der Waals surface area contributed by atoms with Gasteiger partial charge in [0, 0.05) is 5.56 Å². The van der Waals surface area contributed by atoms with E-state index in [4.69, 9.17) is 4.74 Å². The second-order valence-corrected chi connectivity index (χ2v) is 3.78. The molecular weight excluding hydrogens is 200 g/mol. The van der Waals surface area contributed by atoms with Gasteiger partial charge in [-0.25, -0.2) is 0 Å². The van der Waals surface area contributed by atoms with E-state index >= 15 is 0 Å². The molecule has 0 saturated carbocycles. The van der Waals surface area contributed by atoms with Gasteiger partial charge in [-0.2, -0.15) is 0 Å². The molecule has 0 bridgehead atoms. The predicted molar refractivity (Wildman–Crippen MR) is 63.4 cm³/mol. The predicted octanol–water partition coefficient (Wildman–Crippen LogP) is 2.64. The molecule has 2 aromatic rings. The lowest BCUT2D eigenvalue weighted by atomic mass is 10.0. The van der Waals surface area contributed by atoms with Gasteiger partial charge in [0.25, 0.3) is 0 Å². The number of benzene rings is 2. The molecule has 1 aliphatic rings. The number of ether oxygens (including phenoxy) is 1. The Bertz CT molecular complexity index is 544. The summed E-state index contributed by atoms with van der Waals surface area (Å²) < 4.78 is 5.51. The summed E-state index contributed by atoms with van der Waals surface area (Å²) in [5.41, 5.74) is 2.94. The topological polar surface area (TPSA) is 30.6 Å². The van der Waals surface area contributed by atoms with Crippen molar-refractivity contribution in [3.05, 3.63) is 54.1 Å². The van der Waals surface area contributed by atoms with Crippen molar-refractivity contribution in [3.8, 4) is 16.9 Å². The zero-order chi connectivity index (χ0) is 11.0. The molecule has 0 fully saturated rings. The van der Waals surface area contributed by atoms with E-state index in [0.29, 0.717) is 5.78 Å². The van der Waals surface area contributed by atoms with Crippen molar-refractivity contribution in [2.24, 2.45) is 0 Å². The number of carbonyl (C=O) groups excluding carboxylic acids is 1. The maximum absolute atomic E-state index is 9.64. The van der Waals surface area contributed by atoms with Gasteiger partial charge in [-0.3, -0.25) is 4.79 Å². The Morgan fingerprint density at radius 1 is 0.875 bits per heavy atom. The van der Waals surface area contributed by atoms with Crippen LogP contribution in [-0.4, -0.2) is 17.2 Å². The molecule has 0 spiro atoms. The van der Waals surface area contributed by atoms with E-state index in [1.165, 1.54) is 0 Å².